The number of rotatable bonds is 4. The van der Waals surface area contributed by atoms with Crippen molar-refractivity contribution >= 4 is 13.5 Å². The Bertz CT molecular complexity index is 553. The van der Waals surface area contributed by atoms with Gasteiger partial charge in [-0.15, -0.1) is 0 Å². The first-order chi connectivity index (χ1) is 10.2. The Labute approximate surface area is 165 Å². The summed E-state index contributed by atoms with van der Waals surface area (Å²) in [5.41, 5.74) is 0. The third-order valence-corrected chi connectivity index (χ3v) is 2.76. The number of amides is 1. The Balaban J connectivity index is 0. The van der Waals surface area contributed by atoms with Gasteiger partial charge in [-0.25, -0.2) is 15.3 Å². The van der Waals surface area contributed by atoms with Crippen molar-refractivity contribution in [1.29, 1.82) is 0 Å². The van der Waals surface area contributed by atoms with Crippen molar-refractivity contribution < 1.29 is 48.2 Å². The number of carbonyl (C=O) groups is 1. The van der Waals surface area contributed by atoms with Crippen molar-refractivity contribution in [2.75, 3.05) is 14.1 Å². The zero-order chi connectivity index (χ0) is 15.1. The fourth-order valence-corrected chi connectivity index (χ4v) is 1.85. The molecule has 0 aliphatic rings. The van der Waals surface area contributed by atoms with Crippen molar-refractivity contribution in [3.8, 4) is 0 Å². The molecule has 0 N–H and O–H groups in total. The van der Waals surface area contributed by atoms with Gasteiger partial charge in [0.15, 0.2) is 0 Å². The molecule has 0 atom stereocenters. The first-order valence-corrected chi connectivity index (χ1v) is 6.49. The minimum atomic E-state index is -1.12. The number of nitrogens with zero attached hydrogens (tertiary/aromatic N) is 7. The van der Waals surface area contributed by atoms with Gasteiger partial charge in [0.1, 0.15) is 0 Å². The van der Waals surface area contributed by atoms with Gasteiger partial charge in [-0.1, -0.05) is 0 Å². The van der Waals surface area contributed by atoms with Crippen LogP contribution in [0.1, 0.15) is 0 Å². The Kier molecular flexibility index (Phi) is 13.0. The van der Waals surface area contributed by atoms with E-state index in [2.05, 4.69) is 15.3 Å². The van der Waals surface area contributed by atoms with Crippen molar-refractivity contribution in [2.24, 2.45) is 0 Å². The average molecular weight is 408 g/mol. The third kappa shape index (κ3) is 6.84. The molecule has 12 heteroatoms. The minimum absolute atomic E-state index is 0. The summed E-state index contributed by atoms with van der Waals surface area (Å²) in [4.78, 5) is 10.9. The SMILES string of the molecule is CN(C)C=O.[Cl-].[Cl-].[V].c1cnn([BH-](n2cccn2)n2cccn2)c1. The summed E-state index contributed by atoms with van der Waals surface area (Å²) in [6.07, 6.45) is 11.8. The van der Waals surface area contributed by atoms with Gasteiger partial charge in [0.25, 0.3) is 0 Å². The van der Waals surface area contributed by atoms with Crippen LogP contribution in [0.3, 0.4) is 0 Å². The van der Waals surface area contributed by atoms with Crippen LogP contribution in [-0.4, -0.2) is 61.6 Å². The van der Waals surface area contributed by atoms with E-state index in [1.807, 2.05) is 50.6 Å². The molecule has 131 valence electrons. The van der Waals surface area contributed by atoms with E-state index in [1.54, 1.807) is 32.7 Å². The summed E-state index contributed by atoms with van der Waals surface area (Å²) in [7, 11) is 2.25. The normalized spacial score (nSPS) is 8.79. The molecule has 3 heterocycles. The van der Waals surface area contributed by atoms with Crippen LogP contribution in [0.2, 0.25) is 0 Å². The maximum Gasteiger partial charge on any atom is 0.325 e. The summed E-state index contributed by atoms with van der Waals surface area (Å²) in [5, 5.41) is 12.8. The molecule has 0 unspecified atom stereocenters. The molecule has 0 saturated heterocycles. The summed E-state index contributed by atoms with van der Waals surface area (Å²) in [5.74, 6) is 0. The molecule has 0 spiro atoms. The first-order valence-electron chi connectivity index (χ1n) is 6.49. The van der Waals surface area contributed by atoms with E-state index in [0.29, 0.717) is 0 Å². The molecule has 3 aromatic rings. The van der Waals surface area contributed by atoms with Gasteiger partial charge in [-0.2, -0.15) is 0 Å². The second-order valence-corrected chi connectivity index (χ2v) is 4.63. The minimum Gasteiger partial charge on any atom is -1.00 e. The van der Waals surface area contributed by atoms with Gasteiger partial charge in [-0.3, -0.25) is 4.79 Å². The van der Waals surface area contributed by atoms with Crippen LogP contribution >= 0.6 is 0 Å². The van der Waals surface area contributed by atoms with Crippen LogP contribution < -0.4 is 24.8 Å². The number of carbonyl (C=O) groups excluding carboxylic acids is 1. The van der Waals surface area contributed by atoms with E-state index in [-0.39, 0.29) is 43.4 Å². The second-order valence-electron chi connectivity index (χ2n) is 4.63. The van der Waals surface area contributed by atoms with E-state index in [0.717, 1.165) is 6.41 Å². The van der Waals surface area contributed by atoms with Crippen LogP contribution in [-0.2, 0) is 23.4 Å². The van der Waals surface area contributed by atoms with Gasteiger partial charge in [0.05, 0.1) is 0 Å². The Hall–Kier alpha value is -1.67. The second kappa shape index (κ2) is 12.7. The summed E-state index contributed by atoms with van der Waals surface area (Å²) >= 11 is 0. The molecule has 3 aromatic heterocycles. The van der Waals surface area contributed by atoms with Gasteiger partial charge in [0.2, 0.25) is 6.41 Å². The Morgan fingerprint density at radius 1 is 0.833 bits per heavy atom. The smallest absolute Gasteiger partial charge is 0.325 e. The van der Waals surface area contributed by atoms with Gasteiger partial charge < -0.3 is 43.5 Å². The molecular formula is C12H17BCl2N7OV-3. The monoisotopic (exact) mass is 407 g/mol. The van der Waals surface area contributed by atoms with E-state index in [1.165, 1.54) is 4.90 Å². The van der Waals surface area contributed by atoms with Crippen molar-refractivity contribution in [3.63, 3.8) is 0 Å². The van der Waals surface area contributed by atoms with E-state index in [9.17, 15) is 4.79 Å². The first kappa shape index (κ1) is 24.6. The zero-order valence-electron chi connectivity index (χ0n) is 13.2. The molecule has 8 nitrogen and oxygen atoms in total. The van der Waals surface area contributed by atoms with Crippen LogP contribution in [0.5, 0.6) is 0 Å². The van der Waals surface area contributed by atoms with Crippen molar-refractivity contribution in [2.45, 2.75) is 0 Å². The fraction of sp³-hybridized carbons (Fsp3) is 0.167. The van der Waals surface area contributed by atoms with Crippen molar-refractivity contribution in [1.82, 2.24) is 34.0 Å². The van der Waals surface area contributed by atoms with Gasteiger partial charge in [-0.05, 0) is 36.8 Å². The molecule has 0 saturated carbocycles. The quantitative estimate of drug-likeness (QED) is 0.318. The molecule has 24 heavy (non-hydrogen) atoms. The molecule has 0 aliphatic carbocycles. The predicted molar refractivity (Wildman–Crippen MR) is 79.8 cm³/mol. The zero-order valence-corrected chi connectivity index (χ0v) is 16.1. The number of aromatic nitrogens is 6. The molecular weight excluding hydrogens is 391 g/mol. The summed E-state index contributed by atoms with van der Waals surface area (Å²) < 4.78 is 5.62. The predicted octanol–water partition coefficient (Wildman–Crippen LogP) is -6.35. The molecule has 1 amide bonds. The standard InChI is InChI=1S/C9H10BN6.C3H7NO.2ClH.V/c1-4-11-14(7-1)10(15-8-2-5-12-15)16-9-3-6-13-16;1-4(2)3-5;;;/h1-10H;3H,1-2H3;2*1H;/q-1;;;;/p-2. The van der Waals surface area contributed by atoms with Crippen LogP contribution in [0.15, 0.2) is 55.4 Å². The largest absolute Gasteiger partial charge is 1.00 e. The average Bonchev–Trinajstić information content (AvgIpc) is 3.24. The Morgan fingerprint density at radius 2 is 1.12 bits per heavy atom. The third-order valence-electron chi connectivity index (χ3n) is 2.76. The molecule has 0 aliphatic heterocycles. The molecule has 3 rings (SSSR count). The number of hydrogen-bond acceptors (Lipinski definition) is 4. The topological polar surface area (TPSA) is 73.8 Å². The van der Waals surface area contributed by atoms with Crippen LogP contribution in [0.25, 0.3) is 0 Å². The van der Waals surface area contributed by atoms with E-state index < -0.39 is 7.12 Å². The van der Waals surface area contributed by atoms with Gasteiger partial charge >= 0.3 is 7.12 Å². The molecule has 1 radical (unpaired) electrons. The number of halogens is 2. The van der Waals surface area contributed by atoms with Gasteiger partial charge in [0, 0.05) is 51.2 Å². The molecule has 0 fully saturated rings. The van der Waals surface area contributed by atoms with E-state index in [4.69, 9.17) is 0 Å². The fourth-order valence-electron chi connectivity index (χ4n) is 1.85. The summed E-state index contributed by atoms with van der Waals surface area (Å²) in [6, 6.07) is 5.69. The number of hydrogen-bond donors (Lipinski definition) is 0. The van der Waals surface area contributed by atoms with Crippen LogP contribution in [0.4, 0.5) is 0 Å². The maximum absolute atomic E-state index is 9.43. The maximum atomic E-state index is 9.43. The molecule has 0 aromatic carbocycles. The van der Waals surface area contributed by atoms with Crippen LogP contribution in [0, 0.1) is 0 Å². The van der Waals surface area contributed by atoms with Crippen molar-refractivity contribution in [3.05, 3.63) is 55.4 Å². The summed E-state index contributed by atoms with van der Waals surface area (Å²) in [6.45, 7) is 0. The Morgan fingerprint density at radius 3 is 1.29 bits per heavy atom. The van der Waals surface area contributed by atoms with E-state index >= 15 is 0 Å². The molecule has 0 bridgehead atoms.